The lowest BCUT2D eigenvalue weighted by molar-refractivity contribution is 0.540. The Kier molecular flexibility index (Phi) is 2.48. The number of hydrogen-bond acceptors (Lipinski definition) is 2. The van der Waals surface area contributed by atoms with Crippen LogP contribution >= 0.6 is 11.6 Å². The monoisotopic (exact) mass is 281 g/mol. The number of oxazole rings is 1. The van der Waals surface area contributed by atoms with E-state index in [-0.39, 0.29) is 0 Å². The SMILES string of the molecule is CCc1nc2ccc3ccc4cc(Cl)ccc4c3c2o1. The van der Waals surface area contributed by atoms with Crippen LogP contribution in [0.3, 0.4) is 0 Å². The van der Waals surface area contributed by atoms with Gasteiger partial charge in [0.1, 0.15) is 5.52 Å². The second kappa shape index (κ2) is 4.22. The Morgan fingerprint density at radius 2 is 1.85 bits per heavy atom. The standard InChI is InChI=1S/C17H12ClNO/c1-2-15-19-14-8-5-10-3-4-11-9-12(18)6-7-13(11)16(10)17(14)20-15/h3-9H,2H2,1H3. The van der Waals surface area contributed by atoms with Crippen molar-refractivity contribution < 1.29 is 4.42 Å². The van der Waals surface area contributed by atoms with Crippen molar-refractivity contribution in [3.63, 3.8) is 0 Å². The molecule has 98 valence electrons. The quantitative estimate of drug-likeness (QED) is 0.440. The largest absolute Gasteiger partial charge is 0.440 e. The van der Waals surface area contributed by atoms with Gasteiger partial charge < -0.3 is 4.42 Å². The van der Waals surface area contributed by atoms with Gasteiger partial charge in [0.15, 0.2) is 11.5 Å². The molecule has 0 aliphatic rings. The summed E-state index contributed by atoms with van der Waals surface area (Å²) in [5, 5.41) is 5.29. The number of rotatable bonds is 1. The lowest BCUT2D eigenvalue weighted by Crippen LogP contribution is -1.79. The van der Waals surface area contributed by atoms with Gasteiger partial charge in [0.05, 0.1) is 0 Å². The first-order valence-corrected chi connectivity index (χ1v) is 7.04. The average Bonchev–Trinajstić information content (AvgIpc) is 2.89. The molecule has 0 saturated carbocycles. The van der Waals surface area contributed by atoms with Gasteiger partial charge in [-0.25, -0.2) is 4.98 Å². The maximum Gasteiger partial charge on any atom is 0.195 e. The second-order valence-electron chi connectivity index (χ2n) is 4.90. The van der Waals surface area contributed by atoms with E-state index in [4.69, 9.17) is 16.0 Å². The van der Waals surface area contributed by atoms with Gasteiger partial charge >= 0.3 is 0 Å². The van der Waals surface area contributed by atoms with Crippen molar-refractivity contribution in [2.45, 2.75) is 13.3 Å². The summed E-state index contributed by atoms with van der Waals surface area (Å²) < 4.78 is 5.92. The van der Waals surface area contributed by atoms with Gasteiger partial charge in [-0.05, 0) is 34.4 Å². The summed E-state index contributed by atoms with van der Waals surface area (Å²) in [7, 11) is 0. The van der Waals surface area contributed by atoms with Gasteiger partial charge in [0.25, 0.3) is 0 Å². The minimum absolute atomic E-state index is 0.746. The van der Waals surface area contributed by atoms with E-state index < -0.39 is 0 Å². The molecule has 0 aliphatic heterocycles. The van der Waals surface area contributed by atoms with Crippen LogP contribution in [0.25, 0.3) is 32.6 Å². The van der Waals surface area contributed by atoms with Crippen LogP contribution in [0.5, 0.6) is 0 Å². The number of fused-ring (bicyclic) bond motifs is 5. The molecule has 4 rings (SSSR count). The highest BCUT2D eigenvalue weighted by Crippen LogP contribution is 2.33. The van der Waals surface area contributed by atoms with E-state index in [0.717, 1.165) is 50.0 Å². The van der Waals surface area contributed by atoms with E-state index in [1.54, 1.807) is 0 Å². The highest BCUT2D eigenvalue weighted by atomic mass is 35.5. The Morgan fingerprint density at radius 1 is 1.05 bits per heavy atom. The van der Waals surface area contributed by atoms with Crippen LogP contribution in [-0.2, 0) is 6.42 Å². The molecule has 0 N–H and O–H groups in total. The summed E-state index contributed by atoms with van der Waals surface area (Å²) in [5.74, 6) is 0.776. The number of aromatic nitrogens is 1. The topological polar surface area (TPSA) is 26.0 Å². The van der Waals surface area contributed by atoms with Crippen molar-refractivity contribution in [1.29, 1.82) is 0 Å². The average molecular weight is 282 g/mol. The van der Waals surface area contributed by atoms with Crippen LogP contribution < -0.4 is 0 Å². The van der Waals surface area contributed by atoms with Gasteiger partial charge in [0, 0.05) is 16.8 Å². The van der Waals surface area contributed by atoms with Crippen molar-refractivity contribution >= 4 is 44.2 Å². The minimum atomic E-state index is 0.746. The van der Waals surface area contributed by atoms with Gasteiger partial charge in [-0.15, -0.1) is 0 Å². The van der Waals surface area contributed by atoms with Gasteiger partial charge in [0.2, 0.25) is 0 Å². The summed E-state index contributed by atoms with van der Waals surface area (Å²) in [6, 6.07) is 14.2. The molecule has 1 heterocycles. The third-order valence-corrected chi connectivity index (χ3v) is 3.90. The maximum absolute atomic E-state index is 6.08. The normalized spacial score (nSPS) is 11.7. The van der Waals surface area contributed by atoms with Crippen molar-refractivity contribution in [1.82, 2.24) is 4.98 Å². The molecular weight excluding hydrogens is 270 g/mol. The molecule has 0 bridgehead atoms. The van der Waals surface area contributed by atoms with Gasteiger partial charge in [-0.2, -0.15) is 0 Å². The molecule has 2 nitrogen and oxygen atoms in total. The molecule has 0 radical (unpaired) electrons. The summed E-state index contributed by atoms with van der Waals surface area (Å²) in [5.41, 5.74) is 1.78. The van der Waals surface area contributed by atoms with Crippen molar-refractivity contribution in [2.75, 3.05) is 0 Å². The predicted molar refractivity (Wildman–Crippen MR) is 83.4 cm³/mol. The molecule has 0 fully saturated rings. The number of nitrogens with zero attached hydrogens (tertiary/aromatic N) is 1. The van der Waals surface area contributed by atoms with Crippen molar-refractivity contribution in [3.8, 4) is 0 Å². The molecule has 0 unspecified atom stereocenters. The first kappa shape index (κ1) is 11.7. The van der Waals surface area contributed by atoms with Crippen LogP contribution in [-0.4, -0.2) is 4.98 Å². The summed E-state index contributed by atoms with van der Waals surface area (Å²) in [6.45, 7) is 2.05. The number of halogens is 1. The molecule has 3 heteroatoms. The number of hydrogen-bond donors (Lipinski definition) is 0. The van der Waals surface area contributed by atoms with Crippen molar-refractivity contribution in [3.05, 3.63) is 53.4 Å². The minimum Gasteiger partial charge on any atom is -0.440 e. The summed E-state index contributed by atoms with van der Waals surface area (Å²) in [6.07, 6.45) is 0.798. The van der Waals surface area contributed by atoms with Crippen LogP contribution in [0.15, 0.2) is 46.9 Å². The smallest absolute Gasteiger partial charge is 0.195 e. The van der Waals surface area contributed by atoms with Gasteiger partial charge in [-0.3, -0.25) is 0 Å². The lowest BCUT2D eigenvalue weighted by atomic mass is 10.0. The Hall–Kier alpha value is -2.06. The number of benzene rings is 3. The molecule has 0 saturated heterocycles. The van der Waals surface area contributed by atoms with E-state index in [9.17, 15) is 0 Å². The molecule has 0 aliphatic carbocycles. The summed E-state index contributed by atoms with van der Waals surface area (Å²) >= 11 is 6.08. The second-order valence-corrected chi connectivity index (χ2v) is 5.34. The maximum atomic E-state index is 6.08. The Labute approximate surface area is 121 Å². The molecule has 1 aromatic heterocycles. The highest BCUT2D eigenvalue weighted by molar-refractivity contribution is 6.32. The molecule has 0 atom stereocenters. The van der Waals surface area contributed by atoms with Crippen LogP contribution in [0.2, 0.25) is 5.02 Å². The van der Waals surface area contributed by atoms with Crippen LogP contribution in [0.1, 0.15) is 12.8 Å². The Bertz CT molecular complexity index is 955. The van der Waals surface area contributed by atoms with E-state index >= 15 is 0 Å². The fourth-order valence-electron chi connectivity index (χ4n) is 2.70. The summed E-state index contributed by atoms with van der Waals surface area (Å²) in [4.78, 5) is 4.51. The fraction of sp³-hybridized carbons (Fsp3) is 0.118. The van der Waals surface area contributed by atoms with Crippen LogP contribution in [0, 0.1) is 0 Å². The number of aryl methyl sites for hydroxylation is 1. The lowest BCUT2D eigenvalue weighted by Gasteiger charge is -2.04. The molecule has 0 spiro atoms. The van der Waals surface area contributed by atoms with Gasteiger partial charge in [-0.1, -0.05) is 42.8 Å². The van der Waals surface area contributed by atoms with E-state index in [1.165, 1.54) is 0 Å². The van der Waals surface area contributed by atoms with Crippen molar-refractivity contribution in [2.24, 2.45) is 0 Å². The molecule has 4 aromatic rings. The molecule has 20 heavy (non-hydrogen) atoms. The zero-order chi connectivity index (χ0) is 13.7. The zero-order valence-electron chi connectivity index (χ0n) is 11.0. The molecule has 3 aromatic carbocycles. The predicted octanol–water partition coefficient (Wildman–Crippen LogP) is 5.35. The first-order chi connectivity index (χ1) is 9.76. The van der Waals surface area contributed by atoms with Crippen LogP contribution in [0.4, 0.5) is 0 Å². The Morgan fingerprint density at radius 3 is 2.70 bits per heavy atom. The van der Waals surface area contributed by atoms with E-state index in [2.05, 4.69) is 23.2 Å². The Balaban J connectivity index is 2.25. The van der Waals surface area contributed by atoms with E-state index in [1.807, 2.05) is 31.2 Å². The molecule has 0 amide bonds. The fourth-order valence-corrected chi connectivity index (χ4v) is 2.88. The van der Waals surface area contributed by atoms with E-state index in [0.29, 0.717) is 0 Å². The zero-order valence-corrected chi connectivity index (χ0v) is 11.7. The first-order valence-electron chi connectivity index (χ1n) is 6.66. The third kappa shape index (κ3) is 1.61. The molecular formula is C17H12ClNO. The highest BCUT2D eigenvalue weighted by Gasteiger charge is 2.11. The third-order valence-electron chi connectivity index (χ3n) is 3.66.